The lowest BCUT2D eigenvalue weighted by Gasteiger charge is -2.09. The molecule has 4 N–H and O–H groups in total. The van der Waals surface area contributed by atoms with E-state index in [1.807, 2.05) is 24.3 Å². The number of carbonyl (C=O) groups excluding carboxylic acids is 2. The summed E-state index contributed by atoms with van der Waals surface area (Å²) < 4.78 is 0. The fraction of sp³-hybridized carbons (Fsp3) is 0.0667. The monoisotopic (exact) mass is 311 g/mol. The van der Waals surface area contributed by atoms with E-state index < -0.39 is 11.8 Å². The molecule has 0 bridgehead atoms. The van der Waals surface area contributed by atoms with Crippen LogP contribution in [0.15, 0.2) is 42.5 Å². The maximum Gasteiger partial charge on any atom is 0.309 e. The second-order valence-corrected chi connectivity index (χ2v) is 4.81. The predicted octanol–water partition coefficient (Wildman–Crippen LogP) is 0.228. The second kappa shape index (κ2) is 5.76. The van der Waals surface area contributed by atoms with Gasteiger partial charge in [0.05, 0.1) is 0 Å². The van der Waals surface area contributed by atoms with Crippen LogP contribution in [0.2, 0.25) is 0 Å². The van der Waals surface area contributed by atoms with Crippen molar-refractivity contribution in [3.8, 4) is 11.4 Å². The normalized spacial score (nSPS) is 10.6. The van der Waals surface area contributed by atoms with Crippen LogP contribution in [0.3, 0.4) is 0 Å². The molecule has 1 heterocycles. The van der Waals surface area contributed by atoms with Crippen molar-refractivity contribution in [3.05, 3.63) is 48.0 Å². The lowest BCUT2D eigenvalue weighted by Crippen LogP contribution is -2.35. The molecule has 2 aromatic carbocycles. The molecule has 0 radical (unpaired) electrons. The molecule has 116 valence electrons. The Morgan fingerprint density at radius 3 is 2.35 bits per heavy atom. The molecule has 0 atom stereocenters. The topological polar surface area (TPSA) is 123 Å². The molecule has 0 fully saturated rings. The summed E-state index contributed by atoms with van der Waals surface area (Å²) in [5, 5.41) is 21.3. The predicted molar refractivity (Wildman–Crippen MR) is 81.6 cm³/mol. The molecule has 0 aliphatic rings. The molecule has 3 rings (SSSR count). The summed E-state index contributed by atoms with van der Waals surface area (Å²) >= 11 is 0. The smallest absolute Gasteiger partial charge is 0.309 e. The van der Waals surface area contributed by atoms with Gasteiger partial charge in [0, 0.05) is 12.1 Å². The Balaban J connectivity index is 1.93. The Bertz CT molecular complexity index is 870. The Hall–Kier alpha value is -3.42. The molecule has 0 aliphatic heterocycles. The number of nitrogens with two attached hydrogens (primary N) is 1. The molecular formula is C15H13N5O3. The average molecular weight is 311 g/mol. The van der Waals surface area contributed by atoms with Crippen molar-refractivity contribution in [2.24, 2.45) is 5.73 Å². The summed E-state index contributed by atoms with van der Waals surface area (Å²) in [6.07, 6.45) is 0. The van der Waals surface area contributed by atoms with E-state index in [2.05, 4.69) is 15.5 Å². The summed E-state index contributed by atoms with van der Waals surface area (Å²) in [5.41, 5.74) is 7.04. The summed E-state index contributed by atoms with van der Waals surface area (Å²) in [7, 11) is 0. The van der Waals surface area contributed by atoms with Gasteiger partial charge in [-0.1, -0.05) is 24.3 Å². The number of benzene rings is 2. The van der Waals surface area contributed by atoms with E-state index in [1.165, 1.54) is 4.80 Å². The molecule has 0 saturated heterocycles. The average Bonchev–Trinajstić information content (AvgIpc) is 2.97. The fourth-order valence-electron chi connectivity index (χ4n) is 2.11. The molecule has 1 aromatic heterocycles. The zero-order valence-electron chi connectivity index (χ0n) is 11.9. The second-order valence-electron chi connectivity index (χ2n) is 4.81. The number of aromatic hydroxyl groups is 1. The zero-order valence-corrected chi connectivity index (χ0v) is 11.9. The van der Waals surface area contributed by atoms with Gasteiger partial charge in [-0.2, -0.15) is 0 Å². The lowest BCUT2D eigenvalue weighted by molar-refractivity contribution is -0.137. The fourth-order valence-corrected chi connectivity index (χ4v) is 2.11. The van der Waals surface area contributed by atoms with Crippen LogP contribution in [0.5, 0.6) is 5.75 Å². The molecule has 0 spiro atoms. The van der Waals surface area contributed by atoms with Crippen molar-refractivity contribution in [1.82, 2.24) is 20.3 Å². The molecule has 0 unspecified atom stereocenters. The summed E-state index contributed by atoms with van der Waals surface area (Å²) in [6.45, 7) is -0.0394. The van der Waals surface area contributed by atoms with E-state index in [-0.39, 0.29) is 12.3 Å². The van der Waals surface area contributed by atoms with E-state index >= 15 is 0 Å². The van der Waals surface area contributed by atoms with Crippen LogP contribution in [-0.4, -0.2) is 31.9 Å². The van der Waals surface area contributed by atoms with Crippen LogP contribution in [0.1, 0.15) is 5.56 Å². The Kier molecular flexibility index (Phi) is 3.63. The lowest BCUT2D eigenvalue weighted by atomic mass is 10.1. The van der Waals surface area contributed by atoms with Gasteiger partial charge in [0.1, 0.15) is 22.5 Å². The van der Waals surface area contributed by atoms with Gasteiger partial charge >= 0.3 is 11.8 Å². The highest BCUT2D eigenvalue weighted by atomic mass is 16.3. The van der Waals surface area contributed by atoms with Gasteiger partial charge in [-0.25, -0.2) is 0 Å². The minimum Gasteiger partial charge on any atom is -0.505 e. The summed E-state index contributed by atoms with van der Waals surface area (Å²) in [4.78, 5) is 23.2. The number of para-hydroxylation sites is 1. The molecule has 8 heteroatoms. The summed E-state index contributed by atoms with van der Waals surface area (Å²) in [5.74, 6) is -2.09. The highest BCUT2D eigenvalue weighted by Crippen LogP contribution is 2.25. The highest BCUT2D eigenvalue weighted by Gasteiger charge is 2.14. The highest BCUT2D eigenvalue weighted by molar-refractivity contribution is 6.34. The molecule has 2 amide bonds. The number of phenols is 1. The standard InChI is InChI=1S/C15H13N5O3/c16-14(22)15(23)17-8-9-4-3-7-12(13(9)21)20-18-10-5-1-2-6-11(10)19-20/h1-7,21H,8H2,(H2,16,22)(H,17,23). The van der Waals surface area contributed by atoms with Gasteiger partial charge in [-0.05, 0) is 18.2 Å². The van der Waals surface area contributed by atoms with Crippen molar-refractivity contribution < 1.29 is 14.7 Å². The molecule has 8 nitrogen and oxygen atoms in total. The van der Waals surface area contributed by atoms with Gasteiger partial charge in [0.25, 0.3) is 0 Å². The van der Waals surface area contributed by atoms with E-state index in [1.54, 1.807) is 18.2 Å². The van der Waals surface area contributed by atoms with Crippen molar-refractivity contribution in [1.29, 1.82) is 0 Å². The van der Waals surface area contributed by atoms with Crippen LogP contribution in [0, 0.1) is 0 Å². The Labute approximate surface area is 130 Å². The number of amides is 2. The maximum absolute atomic E-state index is 11.2. The minimum atomic E-state index is -1.08. The Morgan fingerprint density at radius 1 is 1.09 bits per heavy atom. The quantitative estimate of drug-likeness (QED) is 0.597. The largest absolute Gasteiger partial charge is 0.505 e. The third-order valence-corrected chi connectivity index (χ3v) is 3.26. The SMILES string of the molecule is NC(=O)C(=O)NCc1cccc(-n2nc3ccccc3n2)c1O. The molecule has 23 heavy (non-hydrogen) atoms. The van der Waals surface area contributed by atoms with Crippen molar-refractivity contribution in [3.63, 3.8) is 0 Å². The molecule has 3 aromatic rings. The first-order chi connectivity index (χ1) is 11.1. The summed E-state index contributed by atoms with van der Waals surface area (Å²) in [6, 6.07) is 12.3. The number of nitrogens with zero attached hydrogens (tertiary/aromatic N) is 3. The van der Waals surface area contributed by atoms with E-state index in [9.17, 15) is 14.7 Å². The van der Waals surface area contributed by atoms with Crippen molar-refractivity contribution in [2.75, 3.05) is 0 Å². The molecule has 0 aliphatic carbocycles. The number of primary amides is 1. The van der Waals surface area contributed by atoms with Crippen LogP contribution in [-0.2, 0) is 16.1 Å². The van der Waals surface area contributed by atoms with Crippen molar-refractivity contribution >= 4 is 22.8 Å². The van der Waals surface area contributed by atoms with Gasteiger partial charge in [0.15, 0.2) is 0 Å². The number of hydrogen-bond donors (Lipinski definition) is 3. The Morgan fingerprint density at radius 2 is 1.74 bits per heavy atom. The van der Waals surface area contributed by atoms with E-state index in [0.29, 0.717) is 22.3 Å². The number of fused-ring (bicyclic) bond motifs is 1. The van der Waals surface area contributed by atoms with Gasteiger partial charge in [-0.3, -0.25) is 9.59 Å². The van der Waals surface area contributed by atoms with Crippen LogP contribution < -0.4 is 11.1 Å². The number of aromatic nitrogens is 3. The number of carbonyl (C=O) groups is 2. The van der Waals surface area contributed by atoms with Gasteiger partial charge in [-0.15, -0.1) is 15.0 Å². The first-order valence-corrected chi connectivity index (χ1v) is 6.77. The minimum absolute atomic E-state index is 0.0394. The van der Waals surface area contributed by atoms with Crippen molar-refractivity contribution in [2.45, 2.75) is 6.54 Å². The maximum atomic E-state index is 11.2. The van der Waals surface area contributed by atoms with E-state index in [0.717, 1.165) is 0 Å². The number of rotatable bonds is 3. The van der Waals surface area contributed by atoms with Gasteiger partial charge in [0.2, 0.25) is 0 Å². The third-order valence-electron chi connectivity index (χ3n) is 3.26. The zero-order chi connectivity index (χ0) is 16.4. The number of hydrogen-bond acceptors (Lipinski definition) is 5. The third kappa shape index (κ3) is 2.82. The number of phenolic OH excluding ortho intramolecular Hbond substituents is 1. The van der Waals surface area contributed by atoms with Crippen LogP contribution in [0.4, 0.5) is 0 Å². The number of nitrogens with one attached hydrogen (secondary N) is 1. The molecular weight excluding hydrogens is 298 g/mol. The van der Waals surface area contributed by atoms with E-state index in [4.69, 9.17) is 5.73 Å². The van der Waals surface area contributed by atoms with Gasteiger partial charge < -0.3 is 16.2 Å². The van der Waals surface area contributed by atoms with Crippen LogP contribution >= 0.6 is 0 Å². The van der Waals surface area contributed by atoms with Crippen LogP contribution in [0.25, 0.3) is 16.7 Å². The first-order valence-electron chi connectivity index (χ1n) is 6.77. The first kappa shape index (κ1) is 14.5. The molecule has 0 saturated carbocycles.